The van der Waals surface area contributed by atoms with E-state index in [2.05, 4.69) is 4.90 Å². The van der Waals surface area contributed by atoms with E-state index in [9.17, 15) is 8.42 Å². The zero-order valence-corrected chi connectivity index (χ0v) is 12.3. The summed E-state index contributed by atoms with van der Waals surface area (Å²) < 4.78 is 24.7. The van der Waals surface area contributed by atoms with Gasteiger partial charge in [-0.05, 0) is 25.9 Å². The molecule has 1 heterocycles. The first-order valence-corrected chi connectivity index (χ1v) is 7.73. The van der Waals surface area contributed by atoms with E-state index in [0.29, 0.717) is 13.1 Å². The van der Waals surface area contributed by atoms with Crippen molar-refractivity contribution in [3.05, 3.63) is 0 Å². The Kier molecular flexibility index (Phi) is 7.58. The minimum Gasteiger partial charge on any atom is -0.329 e. The van der Waals surface area contributed by atoms with Crippen LogP contribution in [0.5, 0.6) is 0 Å². The average molecular weight is 286 g/mol. The lowest BCUT2D eigenvalue weighted by atomic mass is 10.1. The fraction of sp³-hybridized carbons (Fsp3) is 1.00. The van der Waals surface area contributed by atoms with Gasteiger partial charge >= 0.3 is 0 Å². The molecule has 0 aromatic heterocycles. The molecular weight excluding hydrogens is 262 g/mol. The molecule has 1 rings (SSSR count). The van der Waals surface area contributed by atoms with E-state index in [1.54, 1.807) is 4.31 Å². The lowest BCUT2D eigenvalue weighted by molar-refractivity contribution is 0.165. The largest absolute Gasteiger partial charge is 0.329 e. The van der Waals surface area contributed by atoms with Crippen LogP contribution in [-0.2, 0) is 10.0 Å². The van der Waals surface area contributed by atoms with E-state index in [-0.39, 0.29) is 18.4 Å². The molecule has 5 nitrogen and oxygen atoms in total. The molecular formula is C10H24ClN3O2S. The van der Waals surface area contributed by atoms with Gasteiger partial charge in [-0.15, -0.1) is 12.4 Å². The Labute approximate surface area is 111 Å². The Morgan fingerprint density at radius 3 is 2.24 bits per heavy atom. The number of rotatable bonds is 5. The van der Waals surface area contributed by atoms with Gasteiger partial charge in [-0.25, -0.2) is 8.42 Å². The highest BCUT2D eigenvalue weighted by Crippen LogP contribution is 2.18. The van der Waals surface area contributed by atoms with Crippen LogP contribution in [0, 0.1) is 0 Å². The Hall–Kier alpha value is 0.120. The molecule has 104 valence electrons. The first-order valence-electron chi connectivity index (χ1n) is 5.88. The molecule has 0 radical (unpaired) electrons. The molecule has 17 heavy (non-hydrogen) atoms. The van der Waals surface area contributed by atoms with Gasteiger partial charge in [0.15, 0.2) is 0 Å². The molecule has 1 aliphatic heterocycles. The highest BCUT2D eigenvalue weighted by molar-refractivity contribution is 7.88. The Balaban J connectivity index is 0.00000256. The molecule has 0 aromatic rings. The van der Waals surface area contributed by atoms with Crippen molar-refractivity contribution in [3.63, 3.8) is 0 Å². The average Bonchev–Trinajstić information content (AvgIpc) is 2.20. The topological polar surface area (TPSA) is 66.6 Å². The van der Waals surface area contributed by atoms with Crippen LogP contribution >= 0.6 is 12.4 Å². The number of sulfonamides is 1. The number of nitrogens with two attached hydrogens (primary N) is 1. The number of halogens is 1. The van der Waals surface area contributed by atoms with Gasteiger partial charge in [0.25, 0.3) is 0 Å². The van der Waals surface area contributed by atoms with E-state index in [4.69, 9.17) is 5.73 Å². The maximum absolute atomic E-state index is 11.6. The Morgan fingerprint density at radius 2 is 1.88 bits per heavy atom. The van der Waals surface area contributed by atoms with Crippen molar-refractivity contribution in [3.8, 4) is 0 Å². The second-order valence-corrected chi connectivity index (χ2v) is 6.26. The van der Waals surface area contributed by atoms with Crippen LogP contribution in [0.4, 0.5) is 0 Å². The van der Waals surface area contributed by atoms with Gasteiger partial charge in [0, 0.05) is 25.7 Å². The van der Waals surface area contributed by atoms with Gasteiger partial charge in [-0.3, -0.25) is 0 Å². The Morgan fingerprint density at radius 1 is 1.35 bits per heavy atom. The smallest absolute Gasteiger partial charge is 0.211 e. The summed E-state index contributed by atoms with van der Waals surface area (Å²) in [7, 11) is -3.05. The number of piperidine rings is 1. The van der Waals surface area contributed by atoms with E-state index < -0.39 is 10.0 Å². The highest BCUT2D eigenvalue weighted by Gasteiger charge is 2.28. The van der Waals surface area contributed by atoms with Crippen molar-refractivity contribution in [2.45, 2.75) is 25.8 Å². The van der Waals surface area contributed by atoms with Crippen molar-refractivity contribution in [2.24, 2.45) is 5.73 Å². The second-order valence-electron chi connectivity index (χ2n) is 4.33. The summed E-state index contributed by atoms with van der Waals surface area (Å²) in [5.41, 5.74) is 5.50. The predicted octanol–water partition coefficient (Wildman–Crippen LogP) is 0.113. The molecule has 0 saturated carbocycles. The number of likely N-dealkylation sites (tertiary alicyclic amines) is 1. The van der Waals surface area contributed by atoms with E-state index >= 15 is 0 Å². The fourth-order valence-corrected chi connectivity index (χ4v) is 3.60. The SMILES string of the molecule is CCN(C1CCN(CCN)CC1)S(C)(=O)=O.Cl. The number of hydrogen-bond acceptors (Lipinski definition) is 4. The third kappa shape index (κ3) is 5.09. The van der Waals surface area contributed by atoms with Crippen LogP contribution in [0.2, 0.25) is 0 Å². The third-order valence-electron chi connectivity index (χ3n) is 3.15. The maximum Gasteiger partial charge on any atom is 0.211 e. The summed E-state index contributed by atoms with van der Waals surface area (Å²) in [6.07, 6.45) is 3.13. The standard InChI is InChI=1S/C10H23N3O2S.ClH/c1-3-13(16(2,14)15)10-4-7-12(8-5-10)9-6-11;/h10H,3-9,11H2,1-2H3;1H. The molecule has 0 spiro atoms. The molecule has 0 bridgehead atoms. The lowest BCUT2D eigenvalue weighted by Crippen LogP contribution is -2.47. The van der Waals surface area contributed by atoms with Crippen molar-refractivity contribution in [1.82, 2.24) is 9.21 Å². The molecule has 0 aromatic carbocycles. The second kappa shape index (κ2) is 7.53. The molecule has 0 atom stereocenters. The van der Waals surface area contributed by atoms with Crippen molar-refractivity contribution < 1.29 is 8.42 Å². The molecule has 0 amide bonds. The monoisotopic (exact) mass is 285 g/mol. The predicted molar refractivity (Wildman–Crippen MR) is 73.0 cm³/mol. The normalized spacial score (nSPS) is 19.3. The Bertz CT molecular complexity index is 303. The molecule has 0 aliphatic carbocycles. The number of nitrogens with zero attached hydrogens (tertiary/aromatic N) is 2. The highest BCUT2D eigenvalue weighted by atomic mass is 35.5. The molecule has 1 aliphatic rings. The maximum atomic E-state index is 11.6. The van der Waals surface area contributed by atoms with Crippen molar-refractivity contribution in [1.29, 1.82) is 0 Å². The van der Waals surface area contributed by atoms with Gasteiger partial charge in [-0.2, -0.15) is 4.31 Å². The summed E-state index contributed by atoms with van der Waals surface area (Å²) in [5.74, 6) is 0. The first-order chi connectivity index (χ1) is 7.49. The summed E-state index contributed by atoms with van der Waals surface area (Å²) in [5, 5.41) is 0. The van der Waals surface area contributed by atoms with E-state index in [1.807, 2.05) is 6.92 Å². The van der Waals surface area contributed by atoms with E-state index in [0.717, 1.165) is 32.5 Å². The first kappa shape index (κ1) is 17.1. The van der Waals surface area contributed by atoms with Crippen LogP contribution < -0.4 is 5.73 Å². The van der Waals surface area contributed by atoms with Crippen LogP contribution in [0.15, 0.2) is 0 Å². The van der Waals surface area contributed by atoms with Gasteiger partial charge in [0.2, 0.25) is 10.0 Å². The van der Waals surface area contributed by atoms with Gasteiger partial charge in [-0.1, -0.05) is 6.92 Å². The molecule has 2 N–H and O–H groups in total. The van der Waals surface area contributed by atoms with Crippen LogP contribution in [0.3, 0.4) is 0 Å². The van der Waals surface area contributed by atoms with Crippen molar-refractivity contribution in [2.75, 3.05) is 39.0 Å². The lowest BCUT2D eigenvalue weighted by Gasteiger charge is -2.36. The third-order valence-corrected chi connectivity index (χ3v) is 4.56. The molecule has 1 fully saturated rings. The molecule has 1 saturated heterocycles. The quantitative estimate of drug-likeness (QED) is 0.779. The summed E-state index contributed by atoms with van der Waals surface area (Å²) in [6, 6.07) is 0.175. The van der Waals surface area contributed by atoms with Gasteiger partial charge in [0.05, 0.1) is 6.26 Å². The summed E-state index contributed by atoms with van der Waals surface area (Å²) in [6.45, 7) is 5.96. The van der Waals surface area contributed by atoms with E-state index in [1.165, 1.54) is 6.26 Å². The van der Waals surface area contributed by atoms with Crippen LogP contribution in [0.1, 0.15) is 19.8 Å². The summed E-state index contributed by atoms with van der Waals surface area (Å²) >= 11 is 0. The zero-order valence-electron chi connectivity index (χ0n) is 10.6. The molecule has 0 unspecified atom stereocenters. The zero-order chi connectivity index (χ0) is 12.2. The summed E-state index contributed by atoms with van der Waals surface area (Å²) in [4.78, 5) is 2.30. The van der Waals surface area contributed by atoms with Crippen LogP contribution in [0.25, 0.3) is 0 Å². The molecule has 7 heteroatoms. The fourth-order valence-electron chi connectivity index (χ4n) is 2.38. The minimum atomic E-state index is -3.05. The van der Waals surface area contributed by atoms with Crippen LogP contribution in [-0.4, -0.2) is 62.6 Å². The van der Waals surface area contributed by atoms with Gasteiger partial charge < -0.3 is 10.6 Å². The number of hydrogen-bond donors (Lipinski definition) is 1. The minimum absolute atomic E-state index is 0. The van der Waals surface area contributed by atoms with Crippen molar-refractivity contribution >= 4 is 22.4 Å². The van der Waals surface area contributed by atoms with Gasteiger partial charge in [0.1, 0.15) is 0 Å².